The molecule has 0 fully saturated rings. The first-order valence-corrected chi connectivity index (χ1v) is 9.23. The van der Waals surface area contributed by atoms with E-state index in [-0.39, 0.29) is 29.8 Å². The zero-order valence-electron chi connectivity index (χ0n) is 15.2. The molecule has 0 radical (unpaired) electrons. The van der Waals surface area contributed by atoms with Gasteiger partial charge in [-0.2, -0.15) is 0 Å². The van der Waals surface area contributed by atoms with Gasteiger partial charge in [-0.25, -0.2) is 9.37 Å². The lowest BCUT2D eigenvalue weighted by Crippen LogP contribution is -2.36. The molecule has 2 N–H and O–H groups in total. The summed E-state index contributed by atoms with van der Waals surface area (Å²) in [7, 11) is 1.71. The molecule has 1 heterocycles. The maximum absolute atomic E-state index is 13.6. The van der Waals surface area contributed by atoms with Crippen LogP contribution in [0, 0.1) is 12.7 Å². The molecule has 0 saturated heterocycles. The summed E-state index contributed by atoms with van der Waals surface area (Å²) in [5.41, 5.74) is 3.59. The molecular weight excluding hydrogens is 474 g/mol. The first-order chi connectivity index (χ1) is 12.7. The van der Waals surface area contributed by atoms with E-state index in [0.29, 0.717) is 24.6 Å². The van der Waals surface area contributed by atoms with E-state index in [0.717, 1.165) is 21.8 Å². The fourth-order valence-electron chi connectivity index (χ4n) is 2.43. The van der Waals surface area contributed by atoms with Crippen LogP contribution in [0.1, 0.15) is 16.8 Å². The van der Waals surface area contributed by atoms with Crippen molar-refractivity contribution in [2.75, 3.05) is 7.05 Å². The highest BCUT2D eigenvalue weighted by Crippen LogP contribution is 2.23. The third-order valence-corrected chi connectivity index (χ3v) is 4.87. The van der Waals surface area contributed by atoms with Gasteiger partial charge in [-0.3, -0.25) is 4.99 Å². The van der Waals surface area contributed by atoms with Crippen LogP contribution in [0.25, 0.3) is 10.6 Å². The number of thiazole rings is 1. The molecule has 3 rings (SSSR count). The van der Waals surface area contributed by atoms with Crippen LogP contribution < -0.4 is 10.6 Å². The summed E-state index contributed by atoms with van der Waals surface area (Å²) in [5.74, 6) is 0.461. The second-order valence-electron chi connectivity index (χ2n) is 5.87. The van der Waals surface area contributed by atoms with E-state index in [1.165, 1.54) is 0 Å². The van der Waals surface area contributed by atoms with Crippen molar-refractivity contribution in [1.82, 2.24) is 15.6 Å². The minimum atomic E-state index is -0.192. The molecule has 0 aliphatic heterocycles. The van der Waals surface area contributed by atoms with Crippen LogP contribution in [0.4, 0.5) is 4.39 Å². The average molecular weight is 496 g/mol. The third kappa shape index (κ3) is 6.00. The second-order valence-corrected chi connectivity index (χ2v) is 6.73. The minimum absolute atomic E-state index is 0. The van der Waals surface area contributed by atoms with Crippen molar-refractivity contribution in [3.63, 3.8) is 0 Å². The Bertz CT molecular complexity index is 896. The molecule has 0 unspecified atom stereocenters. The number of aryl methyl sites for hydroxylation is 1. The van der Waals surface area contributed by atoms with Crippen LogP contribution >= 0.6 is 35.3 Å². The zero-order chi connectivity index (χ0) is 18.4. The lowest BCUT2D eigenvalue weighted by molar-refractivity contribution is 0.615. The average Bonchev–Trinajstić information content (AvgIpc) is 3.14. The van der Waals surface area contributed by atoms with Gasteiger partial charge in [-0.15, -0.1) is 35.3 Å². The molecule has 0 atom stereocenters. The van der Waals surface area contributed by atoms with Crippen molar-refractivity contribution in [3.05, 3.63) is 76.5 Å². The van der Waals surface area contributed by atoms with Crippen molar-refractivity contribution in [2.45, 2.75) is 20.0 Å². The van der Waals surface area contributed by atoms with Gasteiger partial charge in [0, 0.05) is 24.5 Å². The summed E-state index contributed by atoms with van der Waals surface area (Å²) in [6.07, 6.45) is 0. The molecule has 0 spiro atoms. The third-order valence-electron chi connectivity index (χ3n) is 3.93. The Morgan fingerprint density at radius 2 is 1.85 bits per heavy atom. The number of aliphatic imine (C=N–C) groups is 1. The molecule has 7 heteroatoms. The van der Waals surface area contributed by atoms with Crippen LogP contribution in [-0.4, -0.2) is 18.0 Å². The number of rotatable bonds is 5. The maximum atomic E-state index is 13.6. The number of benzene rings is 2. The molecule has 0 bridgehead atoms. The molecule has 0 amide bonds. The topological polar surface area (TPSA) is 49.3 Å². The predicted octanol–water partition coefficient (Wildman–Crippen LogP) is 4.74. The number of hydrogen-bond donors (Lipinski definition) is 2. The van der Waals surface area contributed by atoms with Crippen LogP contribution in [0.5, 0.6) is 0 Å². The standard InChI is InChI=1S/C20H21FN4S.HI/c1-14-8-9-15(10-18(14)21)11-23-20(22-2)24-12-17-13-26-19(25-17)16-6-4-3-5-7-16;/h3-10,13H,11-12H2,1-2H3,(H2,22,23,24);1H. The Morgan fingerprint density at radius 1 is 1.11 bits per heavy atom. The second kappa shape index (κ2) is 10.4. The Balaban J connectivity index is 0.00000261. The first kappa shape index (κ1) is 21.3. The number of nitrogens with zero attached hydrogens (tertiary/aromatic N) is 2. The molecule has 3 aromatic rings. The Kier molecular flexibility index (Phi) is 8.18. The largest absolute Gasteiger partial charge is 0.352 e. The van der Waals surface area contributed by atoms with E-state index >= 15 is 0 Å². The van der Waals surface area contributed by atoms with Crippen LogP contribution in [-0.2, 0) is 13.1 Å². The highest BCUT2D eigenvalue weighted by Gasteiger charge is 2.06. The molecule has 27 heavy (non-hydrogen) atoms. The summed E-state index contributed by atoms with van der Waals surface area (Å²) >= 11 is 1.62. The van der Waals surface area contributed by atoms with E-state index in [1.54, 1.807) is 37.4 Å². The molecule has 4 nitrogen and oxygen atoms in total. The van der Waals surface area contributed by atoms with Gasteiger partial charge in [-0.05, 0) is 24.1 Å². The number of guanidine groups is 1. The molecule has 0 aliphatic rings. The first-order valence-electron chi connectivity index (χ1n) is 8.35. The highest BCUT2D eigenvalue weighted by molar-refractivity contribution is 14.0. The zero-order valence-corrected chi connectivity index (χ0v) is 18.3. The molecule has 0 saturated carbocycles. The van der Waals surface area contributed by atoms with E-state index in [2.05, 4.69) is 32.7 Å². The summed E-state index contributed by atoms with van der Waals surface area (Å²) in [6, 6.07) is 15.3. The SMILES string of the molecule is CN=C(NCc1ccc(C)c(F)c1)NCc1csc(-c2ccccc2)n1.I. The van der Waals surface area contributed by atoms with Gasteiger partial charge in [0.2, 0.25) is 0 Å². The lowest BCUT2D eigenvalue weighted by atomic mass is 10.1. The van der Waals surface area contributed by atoms with E-state index in [9.17, 15) is 4.39 Å². The van der Waals surface area contributed by atoms with Crippen molar-refractivity contribution in [1.29, 1.82) is 0 Å². The molecule has 0 aliphatic carbocycles. The highest BCUT2D eigenvalue weighted by atomic mass is 127. The smallest absolute Gasteiger partial charge is 0.191 e. The van der Waals surface area contributed by atoms with Crippen LogP contribution in [0.2, 0.25) is 0 Å². The quantitative estimate of drug-likeness (QED) is 0.305. The molecule has 2 aromatic carbocycles. The lowest BCUT2D eigenvalue weighted by Gasteiger charge is -2.11. The van der Waals surface area contributed by atoms with Gasteiger partial charge in [-0.1, -0.05) is 42.5 Å². The fraction of sp³-hybridized carbons (Fsp3) is 0.200. The van der Waals surface area contributed by atoms with Gasteiger partial charge >= 0.3 is 0 Å². The molecule has 142 valence electrons. The molecule has 1 aromatic heterocycles. The number of hydrogen-bond acceptors (Lipinski definition) is 3. The Hall–Kier alpha value is -2.00. The van der Waals surface area contributed by atoms with Crippen molar-refractivity contribution < 1.29 is 4.39 Å². The minimum Gasteiger partial charge on any atom is -0.352 e. The number of aromatic nitrogens is 1. The summed E-state index contributed by atoms with van der Waals surface area (Å²) in [6.45, 7) is 2.83. The van der Waals surface area contributed by atoms with Crippen molar-refractivity contribution >= 4 is 41.3 Å². The van der Waals surface area contributed by atoms with Gasteiger partial charge in [0.25, 0.3) is 0 Å². The van der Waals surface area contributed by atoms with Crippen LogP contribution in [0.15, 0.2) is 58.9 Å². The number of nitrogens with one attached hydrogen (secondary N) is 2. The van der Waals surface area contributed by atoms with Gasteiger partial charge in [0.1, 0.15) is 10.8 Å². The summed E-state index contributed by atoms with van der Waals surface area (Å²) in [4.78, 5) is 8.85. The fourth-order valence-corrected chi connectivity index (χ4v) is 3.25. The Morgan fingerprint density at radius 3 is 2.56 bits per heavy atom. The monoisotopic (exact) mass is 496 g/mol. The van der Waals surface area contributed by atoms with E-state index in [1.807, 2.05) is 29.6 Å². The maximum Gasteiger partial charge on any atom is 0.191 e. The van der Waals surface area contributed by atoms with E-state index < -0.39 is 0 Å². The van der Waals surface area contributed by atoms with Crippen LogP contribution in [0.3, 0.4) is 0 Å². The van der Waals surface area contributed by atoms with Crippen molar-refractivity contribution in [3.8, 4) is 10.6 Å². The summed E-state index contributed by atoms with van der Waals surface area (Å²) < 4.78 is 13.6. The normalized spacial score (nSPS) is 11.0. The van der Waals surface area contributed by atoms with Crippen molar-refractivity contribution in [2.24, 2.45) is 4.99 Å². The van der Waals surface area contributed by atoms with Gasteiger partial charge in [0.05, 0.1) is 12.2 Å². The Labute approximate surface area is 180 Å². The van der Waals surface area contributed by atoms with Gasteiger partial charge < -0.3 is 10.6 Å². The number of halogens is 2. The predicted molar refractivity (Wildman–Crippen MR) is 121 cm³/mol. The van der Waals surface area contributed by atoms with Gasteiger partial charge in [0.15, 0.2) is 5.96 Å². The molecular formula is C20H22FIN4S. The van der Waals surface area contributed by atoms with E-state index in [4.69, 9.17) is 0 Å². The summed E-state index contributed by atoms with van der Waals surface area (Å²) in [5, 5.41) is 9.47.